The number of nitrogens with one attached hydrogen (secondary N) is 3. The van der Waals surface area contributed by atoms with E-state index in [9.17, 15) is 4.79 Å². The van der Waals surface area contributed by atoms with Gasteiger partial charge in [0.15, 0.2) is 5.11 Å². The number of ether oxygens (including phenoxy) is 1. The Bertz CT molecular complexity index is 527. The minimum absolute atomic E-state index is 0.271. The third-order valence-corrected chi connectivity index (χ3v) is 3.17. The number of hydrogen-bond donors (Lipinski definition) is 3. The first-order valence-corrected chi connectivity index (χ1v) is 8.16. The summed E-state index contributed by atoms with van der Waals surface area (Å²) in [6.45, 7) is 7.64. The first-order chi connectivity index (χ1) is 11.0. The molecule has 1 aromatic rings. The number of benzene rings is 1. The average Bonchev–Trinajstić information content (AvgIpc) is 2.52. The molecule has 0 unspecified atom stereocenters. The summed E-state index contributed by atoms with van der Waals surface area (Å²) in [5.74, 6) is 1.15. The van der Waals surface area contributed by atoms with Gasteiger partial charge in [-0.1, -0.05) is 26.0 Å². The van der Waals surface area contributed by atoms with Crippen molar-refractivity contribution in [1.29, 1.82) is 0 Å². The molecule has 23 heavy (non-hydrogen) atoms. The van der Waals surface area contributed by atoms with Crippen LogP contribution in [0.2, 0.25) is 0 Å². The van der Waals surface area contributed by atoms with Crippen LogP contribution in [0, 0.1) is 5.92 Å². The molecule has 1 rings (SSSR count). The highest BCUT2D eigenvalue weighted by Crippen LogP contribution is 2.12. The summed E-state index contributed by atoms with van der Waals surface area (Å²) in [5, 5.41) is 3.44. The number of rotatable bonds is 7. The van der Waals surface area contributed by atoms with Crippen LogP contribution in [0.4, 0.5) is 0 Å². The Balaban J connectivity index is 2.31. The van der Waals surface area contributed by atoms with E-state index in [1.807, 2.05) is 31.2 Å². The number of hydrazine groups is 1. The van der Waals surface area contributed by atoms with Crippen LogP contribution in [0.5, 0.6) is 5.75 Å². The van der Waals surface area contributed by atoms with E-state index >= 15 is 0 Å². The van der Waals surface area contributed by atoms with E-state index in [2.05, 4.69) is 30.0 Å². The fourth-order valence-electron chi connectivity index (χ4n) is 1.69. The van der Waals surface area contributed by atoms with Gasteiger partial charge in [-0.2, -0.15) is 0 Å². The summed E-state index contributed by atoms with van der Waals surface area (Å²) in [5.41, 5.74) is 6.10. The number of amides is 1. The molecule has 0 bridgehead atoms. The van der Waals surface area contributed by atoms with E-state index in [0.29, 0.717) is 17.6 Å². The molecule has 0 aromatic heterocycles. The normalized spacial score (nSPS) is 10.6. The molecule has 0 radical (unpaired) electrons. The molecule has 0 saturated carbocycles. The average molecular weight is 335 g/mol. The van der Waals surface area contributed by atoms with E-state index in [-0.39, 0.29) is 5.91 Å². The van der Waals surface area contributed by atoms with E-state index < -0.39 is 0 Å². The van der Waals surface area contributed by atoms with Gasteiger partial charge in [0.1, 0.15) is 5.75 Å². The van der Waals surface area contributed by atoms with Crippen LogP contribution in [0.15, 0.2) is 30.3 Å². The van der Waals surface area contributed by atoms with Crippen LogP contribution in [0.3, 0.4) is 0 Å². The van der Waals surface area contributed by atoms with Crippen LogP contribution in [0.1, 0.15) is 32.8 Å². The molecule has 0 saturated heterocycles. The van der Waals surface area contributed by atoms with Gasteiger partial charge in [-0.15, -0.1) is 0 Å². The minimum Gasteiger partial charge on any atom is -0.494 e. The number of hydrogen-bond acceptors (Lipinski definition) is 3. The molecule has 0 aliphatic rings. The van der Waals surface area contributed by atoms with Crippen LogP contribution < -0.4 is 20.9 Å². The summed E-state index contributed by atoms with van der Waals surface area (Å²) in [4.78, 5) is 11.7. The van der Waals surface area contributed by atoms with E-state index in [4.69, 9.17) is 17.0 Å². The third-order valence-electron chi connectivity index (χ3n) is 2.92. The maximum Gasteiger partial charge on any atom is 0.262 e. The summed E-state index contributed by atoms with van der Waals surface area (Å²) >= 11 is 5.07. The van der Waals surface area contributed by atoms with Crippen molar-refractivity contribution in [1.82, 2.24) is 16.2 Å². The number of thiocarbonyl (C=S) groups is 1. The van der Waals surface area contributed by atoms with Crippen molar-refractivity contribution in [2.24, 2.45) is 5.92 Å². The molecular weight excluding hydrogens is 310 g/mol. The quantitative estimate of drug-likeness (QED) is 0.406. The largest absolute Gasteiger partial charge is 0.494 e. The molecule has 126 valence electrons. The molecule has 0 spiro atoms. The molecule has 0 aliphatic carbocycles. The highest BCUT2D eigenvalue weighted by atomic mass is 32.1. The van der Waals surface area contributed by atoms with Crippen LogP contribution in [0.25, 0.3) is 6.08 Å². The Morgan fingerprint density at radius 2 is 1.96 bits per heavy atom. The third kappa shape index (κ3) is 8.83. The van der Waals surface area contributed by atoms with Crippen molar-refractivity contribution in [2.45, 2.75) is 27.2 Å². The first kappa shape index (κ1) is 19.0. The zero-order chi connectivity index (χ0) is 17.1. The van der Waals surface area contributed by atoms with Gasteiger partial charge < -0.3 is 10.1 Å². The van der Waals surface area contributed by atoms with Crippen LogP contribution in [-0.2, 0) is 4.79 Å². The smallest absolute Gasteiger partial charge is 0.262 e. The molecule has 1 amide bonds. The van der Waals surface area contributed by atoms with Gasteiger partial charge in [0.05, 0.1) is 6.61 Å². The second kappa shape index (κ2) is 10.6. The maximum atomic E-state index is 11.7. The first-order valence-electron chi connectivity index (χ1n) is 7.76. The standard InChI is InChI=1S/C17H25N3O2S/c1-4-22-15-8-5-14(6-9-15)7-10-16(21)19-20-17(23)18-12-11-13(2)3/h5-10,13H,4,11-12H2,1-3H3,(H,19,21)(H2,18,20,23)/b10-7+. The summed E-state index contributed by atoms with van der Waals surface area (Å²) in [6.07, 6.45) is 4.19. The lowest BCUT2D eigenvalue weighted by atomic mass is 10.1. The van der Waals surface area contributed by atoms with E-state index in [1.54, 1.807) is 6.08 Å². The predicted octanol–water partition coefficient (Wildman–Crippen LogP) is 2.64. The monoisotopic (exact) mass is 335 g/mol. The Hall–Kier alpha value is -2.08. The van der Waals surface area contributed by atoms with E-state index in [1.165, 1.54) is 6.08 Å². The Morgan fingerprint density at radius 3 is 2.57 bits per heavy atom. The van der Waals surface area contributed by atoms with Crippen molar-refractivity contribution in [3.63, 3.8) is 0 Å². The van der Waals surface area contributed by atoms with Gasteiger partial charge in [0.25, 0.3) is 5.91 Å². The van der Waals surface area contributed by atoms with Crippen molar-refractivity contribution in [3.8, 4) is 5.75 Å². The van der Waals surface area contributed by atoms with Crippen molar-refractivity contribution >= 4 is 29.3 Å². The molecule has 0 aliphatic heterocycles. The Labute approximate surface area is 143 Å². The summed E-state index contributed by atoms with van der Waals surface area (Å²) in [7, 11) is 0. The van der Waals surface area contributed by atoms with Crippen molar-refractivity contribution in [2.75, 3.05) is 13.2 Å². The molecular formula is C17H25N3O2S. The van der Waals surface area contributed by atoms with E-state index in [0.717, 1.165) is 24.3 Å². The molecule has 5 nitrogen and oxygen atoms in total. The molecule has 1 aromatic carbocycles. The van der Waals surface area contributed by atoms with Crippen molar-refractivity contribution < 1.29 is 9.53 Å². The highest BCUT2D eigenvalue weighted by Gasteiger charge is 1.99. The minimum atomic E-state index is -0.271. The van der Waals surface area contributed by atoms with Gasteiger partial charge in [-0.05, 0) is 55.3 Å². The SMILES string of the molecule is CCOc1ccc(/C=C/C(=O)NNC(=S)NCCC(C)C)cc1. The van der Waals surface area contributed by atoms with Crippen LogP contribution in [-0.4, -0.2) is 24.2 Å². The van der Waals surface area contributed by atoms with Gasteiger partial charge in [-0.3, -0.25) is 15.6 Å². The number of carbonyl (C=O) groups is 1. The second-order valence-electron chi connectivity index (χ2n) is 5.39. The molecule has 0 fully saturated rings. The van der Waals surface area contributed by atoms with Crippen molar-refractivity contribution in [3.05, 3.63) is 35.9 Å². The van der Waals surface area contributed by atoms with Gasteiger partial charge in [0.2, 0.25) is 0 Å². The molecule has 0 heterocycles. The van der Waals surface area contributed by atoms with Gasteiger partial charge in [0, 0.05) is 12.6 Å². The summed E-state index contributed by atoms with van der Waals surface area (Å²) < 4.78 is 5.36. The number of carbonyl (C=O) groups excluding carboxylic acids is 1. The lowest BCUT2D eigenvalue weighted by Gasteiger charge is -2.11. The lowest BCUT2D eigenvalue weighted by molar-refractivity contribution is -0.116. The lowest BCUT2D eigenvalue weighted by Crippen LogP contribution is -2.46. The Kier molecular flexibility index (Phi) is 8.75. The zero-order valence-corrected chi connectivity index (χ0v) is 14.7. The zero-order valence-electron chi connectivity index (χ0n) is 13.9. The topological polar surface area (TPSA) is 62.4 Å². The molecule has 6 heteroatoms. The summed E-state index contributed by atoms with van der Waals surface area (Å²) in [6, 6.07) is 7.51. The maximum absolute atomic E-state index is 11.7. The Morgan fingerprint density at radius 1 is 1.26 bits per heavy atom. The van der Waals surface area contributed by atoms with Crippen LogP contribution >= 0.6 is 12.2 Å². The molecule has 0 atom stereocenters. The molecule has 3 N–H and O–H groups in total. The van der Waals surface area contributed by atoms with Gasteiger partial charge in [-0.25, -0.2) is 0 Å². The fraction of sp³-hybridized carbons (Fsp3) is 0.412. The van der Waals surface area contributed by atoms with Gasteiger partial charge >= 0.3 is 0 Å². The second-order valence-corrected chi connectivity index (χ2v) is 5.80. The fourth-order valence-corrected chi connectivity index (χ4v) is 1.85. The predicted molar refractivity (Wildman–Crippen MR) is 98.0 cm³/mol. The highest BCUT2D eigenvalue weighted by molar-refractivity contribution is 7.80.